The molecule has 1 aromatic rings. The molecule has 1 saturated heterocycles. The fourth-order valence-electron chi connectivity index (χ4n) is 2.19. The van der Waals surface area contributed by atoms with Crippen LogP contribution in [0.4, 0.5) is 0 Å². The average Bonchev–Trinajstić information content (AvgIpc) is 2.31. The van der Waals surface area contributed by atoms with E-state index < -0.39 is 0 Å². The van der Waals surface area contributed by atoms with Gasteiger partial charge in [-0.15, -0.1) is 0 Å². The van der Waals surface area contributed by atoms with Crippen LogP contribution >= 0.6 is 0 Å². The lowest BCUT2D eigenvalue weighted by Gasteiger charge is -2.22. The number of methoxy groups -OCH3 is 1. The van der Waals surface area contributed by atoms with Gasteiger partial charge in [0.1, 0.15) is 5.75 Å². The van der Waals surface area contributed by atoms with Crippen molar-refractivity contribution in [1.29, 1.82) is 0 Å². The maximum Gasteiger partial charge on any atom is 0.122 e. The second-order valence-electron chi connectivity index (χ2n) is 4.13. The summed E-state index contributed by atoms with van der Waals surface area (Å²) in [7, 11) is 1.75. The molecule has 1 heterocycles. The Morgan fingerprint density at radius 1 is 1.27 bits per heavy atom. The van der Waals surface area contributed by atoms with Gasteiger partial charge in [0.05, 0.1) is 7.11 Å². The lowest BCUT2D eigenvalue weighted by molar-refractivity contribution is 0.357. The largest absolute Gasteiger partial charge is 0.496 e. The van der Waals surface area contributed by atoms with Gasteiger partial charge < -0.3 is 4.74 Å². The van der Waals surface area contributed by atoms with Gasteiger partial charge in [-0.05, 0) is 36.8 Å². The van der Waals surface area contributed by atoms with Gasteiger partial charge >= 0.3 is 0 Å². The lowest BCUT2D eigenvalue weighted by Crippen LogP contribution is -2.23. The van der Waals surface area contributed by atoms with Crippen LogP contribution in [-0.2, 0) is 6.42 Å². The minimum atomic E-state index is 0.791. The summed E-state index contributed by atoms with van der Waals surface area (Å²) in [5, 5.41) is 4.38. The first-order valence-corrected chi connectivity index (χ1v) is 5.65. The maximum absolute atomic E-state index is 5.36. The third-order valence-corrected chi connectivity index (χ3v) is 3.09. The van der Waals surface area contributed by atoms with Crippen molar-refractivity contribution in [3.05, 3.63) is 29.8 Å². The number of ether oxygens (including phenoxy) is 1. The number of para-hydroxylation sites is 1. The summed E-state index contributed by atoms with van der Waals surface area (Å²) in [6.45, 7) is 2.08. The molecule has 1 fully saturated rings. The van der Waals surface area contributed by atoms with E-state index >= 15 is 0 Å². The monoisotopic (exact) mass is 204 g/mol. The molecule has 81 valence electrons. The minimum Gasteiger partial charge on any atom is -0.496 e. The fraction of sp³-hybridized carbons (Fsp3) is 0.538. The highest BCUT2D eigenvalue weighted by molar-refractivity contribution is 5.33. The van der Waals surface area contributed by atoms with E-state index in [2.05, 4.69) is 17.4 Å². The highest BCUT2D eigenvalue weighted by Gasteiger charge is 2.15. The number of piperidine rings is 1. The van der Waals surface area contributed by atoms with Gasteiger partial charge in [-0.25, -0.2) is 5.32 Å². The first kappa shape index (κ1) is 10.5. The van der Waals surface area contributed by atoms with Crippen LogP contribution in [0.15, 0.2) is 24.3 Å². The Labute approximate surface area is 91.6 Å². The molecule has 0 N–H and O–H groups in total. The number of benzene rings is 1. The molecule has 1 aliphatic rings. The van der Waals surface area contributed by atoms with Crippen LogP contribution in [0.3, 0.4) is 0 Å². The molecule has 2 rings (SSSR count). The van der Waals surface area contributed by atoms with E-state index in [9.17, 15) is 0 Å². The second kappa shape index (κ2) is 5.17. The predicted octanol–water partition coefficient (Wildman–Crippen LogP) is 2.25. The van der Waals surface area contributed by atoms with Crippen molar-refractivity contribution in [2.45, 2.75) is 19.3 Å². The molecule has 1 aliphatic heterocycles. The van der Waals surface area contributed by atoms with E-state index in [-0.39, 0.29) is 0 Å². The summed E-state index contributed by atoms with van der Waals surface area (Å²) in [5.74, 6) is 1.82. The molecule has 0 atom stereocenters. The molecule has 1 radical (unpaired) electrons. The van der Waals surface area contributed by atoms with Crippen molar-refractivity contribution in [2.75, 3.05) is 20.2 Å². The molecule has 15 heavy (non-hydrogen) atoms. The third kappa shape index (κ3) is 2.72. The molecule has 0 bridgehead atoms. The smallest absolute Gasteiger partial charge is 0.122 e. The highest BCUT2D eigenvalue weighted by atomic mass is 16.5. The molecule has 0 saturated carbocycles. The molecular formula is C13H18NO. The fourth-order valence-corrected chi connectivity index (χ4v) is 2.19. The average molecular weight is 204 g/mol. The number of hydrogen-bond donors (Lipinski definition) is 0. The summed E-state index contributed by atoms with van der Waals surface area (Å²) in [5.41, 5.74) is 1.34. The van der Waals surface area contributed by atoms with E-state index in [4.69, 9.17) is 4.74 Å². The summed E-state index contributed by atoms with van der Waals surface area (Å²) >= 11 is 0. The predicted molar refractivity (Wildman–Crippen MR) is 61.3 cm³/mol. The zero-order chi connectivity index (χ0) is 10.5. The summed E-state index contributed by atoms with van der Waals surface area (Å²) in [6, 6.07) is 8.33. The van der Waals surface area contributed by atoms with Crippen LogP contribution in [0, 0.1) is 5.92 Å². The van der Waals surface area contributed by atoms with Gasteiger partial charge in [0.2, 0.25) is 0 Å². The maximum atomic E-state index is 5.36. The van der Waals surface area contributed by atoms with Crippen molar-refractivity contribution >= 4 is 0 Å². The number of nitrogens with zero attached hydrogens (tertiary/aromatic N) is 1. The molecule has 0 aromatic heterocycles. The van der Waals surface area contributed by atoms with Crippen LogP contribution in [0.25, 0.3) is 0 Å². The van der Waals surface area contributed by atoms with Gasteiger partial charge in [-0.3, -0.25) is 0 Å². The van der Waals surface area contributed by atoms with E-state index in [0.29, 0.717) is 0 Å². The zero-order valence-electron chi connectivity index (χ0n) is 9.28. The van der Waals surface area contributed by atoms with E-state index in [1.807, 2.05) is 12.1 Å². The highest BCUT2D eigenvalue weighted by Crippen LogP contribution is 2.24. The molecule has 0 spiro atoms. The van der Waals surface area contributed by atoms with Crippen LogP contribution in [0.1, 0.15) is 18.4 Å². The molecular weight excluding hydrogens is 186 g/mol. The van der Waals surface area contributed by atoms with Gasteiger partial charge in [-0.2, -0.15) is 0 Å². The quantitative estimate of drug-likeness (QED) is 0.740. The SMILES string of the molecule is COc1ccccc1CC1CC[N]CC1. The molecule has 2 heteroatoms. The van der Waals surface area contributed by atoms with Crippen molar-refractivity contribution < 1.29 is 4.74 Å². The van der Waals surface area contributed by atoms with Crippen LogP contribution < -0.4 is 10.1 Å². The minimum absolute atomic E-state index is 0.791. The number of rotatable bonds is 3. The van der Waals surface area contributed by atoms with Crippen molar-refractivity contribution in [3.63, 3.8) is 0 Å². The first-order valence-electron chi connectivity index (χ1n) is 5.65. The zero-order valence-corrected chi connectivity index (χ0v) is 9.28. The summed E-state index contributed by atoms with van der Waals surface area (Å²) in [6.07, 6.45) is 3.61. The van der Waals surface area contributed by atoms with E-state index in [1.165, 1.54) is 18.4 Å². The molecule has 1 aromatic carbocycles. The second-order valence-corrected chi connectivity index (χ2v) is 4.13. The lowest BCUT2D eigenvalue weighted by atomic mass is 9.91. The molecule has 0 aliphatic carbocycles. The summed E-state index contributed by atoms with van der Waals surface area (Å²) in [4.78, 5) is 0. The van der Waals surface area contributed by atoms with E-state index in [0.717, 1.165) is 31.2 Å². The number of hydrogen-bond acceptors (Lipinski definition) is 1. The van der Waals surface area contributed by atoms with Crippen LogP contribution in [0.5, 0.6) is 5.75 Å². The van der Waals surface area contributed by atoms with E-state index in [1.54, 1.807) is 7.11 Å². The Morgan fingerprint density at radius 3 is 2.73 bits per heavy atom. The Balaban J connectivity index is 2.02. The van der Waals surface area contributed by atoms with Crippen molar-refractivity contribution in [3.8, 4) is 5.75 Å². The standard InChI is InChI=1S/C13H18NO/c1-15-13-5-3-2-4-12(13)10-11-6-8-14-9-7-11/h2-5,11H,6-10H2,1H3. The Kier molecular flexibility index (Phi) is 3.62. The topological polar surface area (TPSA) is 23.3 Å². The normalized spacial score (nSPS) is 17.7. The molecule has 0 amide bonds. The molecule has 2 nitrogen and oxygen atoms in total. The Morgan fingerprint density at radius 2 is 2.00 bits per heavy atom. The Hall–Kier alpha value is -1.02. The van der Waals surface area contributed by atoms with Crippen molar-refractivity contribution in [2.24, 2.45) is 5.92 Å². The van der Waals surface area contributed by atoms with Gasteiger partial charge in [-0.1, -0.05) is 18.2 Å². The van der Waals surface area contributed by atoms with Gasteiger partial charge in [0.25, 0.3) is 0 Å². The van der Waals surface area contributed by atoms with Gasteiger partial charge in [0.15, 0.2) is 0 Å². The van der Waals surface area contributed by atoms with Crippen LogP contribution in [0.2, 0.25) is 0 Å². The first-order chi connectivity index (χ1) is 7.40. The third-order valence-electron chi connectivity index (χ3n) is 3.09. The Bertz CT molecular complexity index is 305. The van der Waals surface area contributed by atoms with Crippen LogP contribution in [-0.4, -0.2) is 20.2 Å². The van der Waals surface area contributed by atoms with Crippen molar-refractivity contribution in [1.82, 2.24) is 5.32 Å². The molecule has 0 unspecified atom stereocenters. The van der Waals surface area contributed by atoms with Gasteiger partial charge in [0, 0.05) is 13.1 Å². The summed E-state index contributed by atoms with van der Waals surface area (Å²) < 4.78 is 5.36.